The molecular weight excluding hydrogens is 394 g/mol. The van der Waals surface area contributed by atoms with Gasteiger partial charge in [-0.15, -0.1) is 0 Å². The van der Waals surface area contributed by atoms with Crippen molar-refractivity contribution in [1.82, 2.24) is 4.90 Å². The van der Waals surface area contributed by atoms with E-state index in [-0.39, 0.29) is 11.7 Å². The van der Waals surface area contributed by atoms with Crippen LogP contribution in [0.5, 0.6) is 5.75 Å². The molecule has 0 bridgehead atoms. The molecule has 1 heterocycles. The van der Waals surface area contributed by atoms with Crippen LogP contribution in [-0.4, -0.2) is 41.1 Å². The summed E-state index contributed by atoms with van der Waals surface area (Å²) in [5.74, 6) is 1.03. The van der Waals surface area contributed by atoms with E-state index in [2.05, 4.69) is 4.90 Å². The van der Waals surface area contributed by atoms with E-state index >= 15 is 0 Å². The summed E-state index contributed by atoms with van der Waals surface area (Å²) in [6.45, 7) is 2.08. The Morgan fingerprint density at radius 3 is 2.30 bits per heavy atom. The Kier molecular flexibility index (Phi) is 7.00. The summed E-state index contributed by atoms with van der Waals surface area (Å²) in [6, 6.07) is 15.3. The highest BCUT2D eigenvalue weighted by molar-refractivity contribution is 7.85. The van der Waals surface area contributed by atoms with Gasteiger partial charge in [0.25, 0.3) is 0 Å². The minimum Gasteiger partial charge on any atom is -0.497 e. The Labute approximate surface area is 182 Å². The lowest BCUT2D eigenvalue weighted by molar-refractivity contribution is 0.0747. The standard InChI is InChI=1S/C25H31NO3S/c1-29-22-8-5-9-24(18-22)30(28)23-12-10-19(11-13-23)25(27)20-14-16-26(17-15-20)21-6-3-2-4-7-21/h5,8-13,18,20-21H,2-4,6-7,14-17H2,1H3. The third-order valence-corrected chi connectivity index (χ3v) is 7.98. The number of methoxy groups -OCH3 is 1. The zero-order valence-electron chi connectivity index (χ0n) is 17.7. The number of carbonyl (C=O) groups is 1. The molecule has 2 aromatic carbocycles. The molecule has 0 amide bonds. The number of hydrogen-bond acceptors (Lipinski definition) is 4. The summed E-state index contributed by atoms with van der Waals surface area (Å²) in [6.07, 6.45) is 8.64. The van der Waals surface area contributed by atoms with Gasteiger partial charge in [0.15, 0.2) is 5.78 Å². The second kappa shape index (κ2) is 9.88. The molecule has 2 aliphatic rings. The quantitative estimate of drug-likeness (QED) is 0.605. The van der Waals surface area contributed by atoms with Crippen molar-refractivity contribution in [1.29, 1.82) is 0 Å². The molecule has 4 rings (SSSR count). The number of ketones is 1. The van der Waals surface area contributed by atoms with Crippen LogP contribution in [0.1, 0.15) is 55.3 Å². The lowest BCUT2D eigenvalue weighted by Crippen LogP contribution is -2.43. The number of nitrogens with zero attached hydrogens (tertiary/aromatic N) is 1. The van der Waals surface area contributed by atoms with E-state index in [1.165, 1.54) is 32.1 Å². The Hall–Kier alpha value is -1.98. The second-order valence-corrected chi connectivity index (χ2v) is 9.92. The molecule has 1 aliphatic carbocycles. The molecule has 2 fully saturated rings. The fourth-order valence-corrected chi connectivity index (χ4v) is 5.88. The van der Waals surface area contributed by atoms with Gasteiger partial charge >= 0.3 is 0 Å². The number of piperidine rings is 1. The highest BCUT2D eigenvalue weighted by atomic mass is 32.2. The second-order valence-electron chi connectivity index (χ2n) is 8.44. The summed E-state index contributed by atoms with van der Waals surface area (Å²) < 4.78 is 18.1. The summed E-state index contributed by atoms with van der Waals surface area (Å²) in [7, 11) is 0.309. The monoisotopic (exact) mass is 425 g/mol. The van der Waals surface area contributed by atoms with Gasteiger partial charge in [0.1, 0.15) is 5.75 Å². The smallest absolute Gasteiger partial charge is 0.166 e. The van der Waals surface area contributed by atoms with Crippen molar-refractivity contribution in [3.05, 3.63) is 54.1 Å². The van der Waals surface area contributed by atoms with E-state index < -0.39 is 10.8 Å². The summed E-state index contributed by atoms with van der Waals surface area (Å²) in [4.78, 5) is 17.0. The van der Waals surface area contributed by atoms with Crippen molar-refractivity contribution in [2.75, 3.05) is 20.2 Å². The van der Waals surface area contributed by atoms with Crippen LogP contribution in [0.25, 0.3) is 0 Å². The summed E-state index contributed by atoms with van der Waals surface area (Å²) in [5, 5.41) is 0. The molecule has 4 nitrogen and oxygen atoms in total. The van der Waals surface area contributed by atoms with Crippen LogP contribution < -0.4 is 4.74 Å². The largest absolute Gasteiger partial charge is 0.497 e. The number of Topliss-reactive ketones (excluding diaryl/α,β-unsaturated/α-hetero) is 1. The zero-order chi connectivity index (χ0) is 20.9. The van der Waals surface area contributed by atoms with Gasteiger partial charge in [0, 0.05) is 27.3 Å². The van der Waals surface area contributed by atoms with Crippen LogP contribution >= 0.6 is 0 Å². The lowest BCUT2D eigenvalue weighted by atomic mass is 9.86. The van der Waals surface area contributed by atoms with Crippen LogP contribution in [0.3, 0.4) is 0 Å². The van der Waals surface area contributed by atoms with Gasteiger partial charge < -0.3 is 9.64 Å². The van der Waals surface area contributed by atoms with Crippen molar-refractivity contribution in [2.24, 2.45) is 5.92 Å². The zero-order valence-corrected chi connectivity index (χ0v) is 18.5. The van der Waals surface area contributed by atoms with Gasteiger partial charge in [-0.2, -0.15) is 0 Å². The first kappa shape index (κ1) is 21.3. The molecule has 1 atom stereocenters. The van der Waals surface area contributed by atoms with Gasteiger partial charge in [-0.3, -0.25) is 4.79 Å². The molecule has 1 saturated heterocycles. The number of hydrogen-bond donors (Lipinski definition) is 0. The third kappa shape index (κ3) is 4.84. The van der Waals surface area contributed by atoms with Gasteiger partial charge in [-0.05, 0) is 69.1 Å². The Morgan fingerprint density at radius 2 is 1.63 bits per heavy atom. The molecule has 0 radical (unpaired) electrons. The fraction of sp³-hybridized carbons (Fsp3) is 0.480. The Balaban J connectivity index is 1.36. The van der Waals surface area contributed by atoms with E-state index in [1.807, 2.05) is 42.5 Å². The maximum Gasteiger partial charge on any atom is 0.166 e. The van der Waals surface area contributed by atoms with Crippen LogP contribution in [0, 0.1) is 5.92 Å². The Morgan fingerprint density at radius 1 is 0.933 bits per heavy atom. The SMILES string of the molecule is COc1cccc(S(=O)c2ccc(C(=O)C3CCN(C4CCCCC4)CC3)cc2)c1. The van der Waals surface area contributed by atoms with Gasteiger partial charge in [0.05, 0.1) is 17.9 Å². The molecule has 1 unspecified atom stereocenters. The first-order valence-electron chi connectivity index (χ1n) is 11.1. The van der Waals surface area contributed by atoms with Crippen LogP contribution in [0.2, 0.25) is 0 Å². The number of benzene rings is 2. The third-order valence-electron chi connectivity index (χ3n) is 6.60. The van der Waals surface area contributed by atoms with Crippen molar-refractivity contribution >= 4 is 16.6 Å². The topological polar surface area (TPSA) is 46.6 Å². The first-order chi connectivity index (χ1) is 14.7. The molecule has 30 heavy (non-hydrogen) atoms. The Bertz CT molecular complexity index is 882. The average Bonchev–Trinajstić information content (AvgIpc) is 2.84. The molecule has 160 valence electrons. The molecule has 0 N–H and O–H groups in total. The molecule has 0 aromatic heterocycles. The van der Waals surface area contributed by atoms with E-state index in [0.717, 1.165) is 37.5 Å². The van der Waals surface area contributed by atoms with Crippen molar-refractivity contribution in [3.63, 3.8) is 0 Å². The first-order valence-corrected chi connectivity index (χ1v) is 12.2. The molecule has 2 aromatic rings. The summed E-state index contributed by atoms with van der Waals surface area (Å²) >= 11 is 0. The predicted octanol–water partition coefficient (Wildman–Crippen LogP) is 5.09. The van der Waals surface area contributed by atoms with Crippen LogP contribution in [0.4, 0.5) is 0 Å². The average molecular weight is 426 g/mol. The van der Waals surface area contributed by atoms with Crippen molar-refractivity contribution in [2.45, 2.75) is 60.8 Å². The van der Waals surface area contributed by atoms with E-state index in [1.54, 1.807) is 13.2 Å². The molecule has 0 spiro atoms. The normalized spacial score (nSPS) is 20.0. The molecule has 1 saturated carbocycles. The van der Waals surface area contributed by atoms with Crippen LogP contribution in [0.15, 0.2) is 58.3 Å². The molecular formula is C25H31NO3S. The minimum atomic E-state index is -1.29. The summed E-state index contributed by atoms with van der Waals surface area (Å²) in [5.41, 5.74) is 0.734. The highest BCUT2D eigenvalue weighted by Gasteiger charge is 2.29. The fourth-order valence-electron chi connectivity index (χ4n) is 4.80. The predicted molar refractivity (Wildman–Crippen MR) is 120 cm³/mol. The number of rotatable bonds is 6. The van der Waals surface area contributed by atoms with Gasteiger partial charge in [-0.25, -0.2) is 4.21 Å². The number of carbonyl (C=O) groups excluding carboxylic acids is 1. The van der Waals surface area contributed by atoms with Crippen LogP contribution in [-0.2, 0) is 10.8 Å². The number of likely N-dealkylation sites (tertiary alicyclic amines) is 1. The maximum absolute atomic E-state index is 13.0. The van der Waals surface area contributed by atoms with Crippen molar-refractivity contribution < 1.29 is 13.7 Å². The van der Waals surface area contributed by atoms with E-state index in [4.69, 9.17) is 4.74 Å². The highest BCUT2D eigenvalue weighted by Crippen LogP contribution is 2.29. The lowest BCUT2D eigenvalue weighted by Gasteiger charge is -2.39. The van der Waals surface area contributed by atoms with Gasteiger partial charge in [0.2, 0.25) is 0 Å². The van der Waals surface area contributed by atoms with E-state index in [0.29, 0.717) is 15.5 Å². The molecule has 1 aliphatic heterocycles. The van der Waals surface area contributed by atoms with E-state index in [9.17, 15) is 9.00 Å². The number of ether oxygens (including phenoxy) is 1. The molecule has 5 heteroatoms. The minimum absolute atomic E-state index is 0.111. The maximum atomic E-state index is 13.0. The van der Waals surface area contributed by atoms with Gasteiger partial charge in [-0.1, -0.05) is 37.5 Å². The van der Waals surface area contributed by atoms with Crippen molar-refractivity contribution in [3.8, 4) is 5.75 Å².